The molecule has 0 heterocycles. The van der Waals surface area contributed by atoms with E-state index in [0.717, 1.165) is 5.56 Å². The fourth-order valence-electron chi connectivity index (χ4n) is 1.39. The Labute approximate surface area is 97.8 Å². The molecule has 17 heavy (non-hydrogen) atoms. The molecule has 1 nitrogen and oxygen atoms in total. The highest BCUT2D eigenvalue weighted by molar-refractivity contribution is 5.23. The summed E-state index contributed by atoms with van der Waals surface area (Å²) in [6.45, 7) is 2.32. The van der Waals surface area contributed by atoms with Crippen LogP contribution >= 0.6 is 0 Å². The zero-order valence-electron chi connectivity index (χ0n) is 9.57. The predicted octanol–water partition coefficient (Wildman–Crippen LogP) is 3.57. The Morgan fingerprint density at radius 1 is 1.24 bits per heavy atom. The lowest BCUT2D eigenvalue weighted by molar-refractivity contribution is -0.135. The Hall–Kier alpha value is -1.10. The van der Waals surface area contributed by atoms with Gasteiger partial charge in [-0.1, -0.05) is 12.1 Å². The van der Waals surface area contributed by atoms with E-state index in [1.165, 1.54) is 6.07 Å². The van der Waals surface area contributed by atoms with Gasteiger partial charge < -0.3 is 5.32 Å². The molecule has 0 atom stereocenters. The first-order chi connectivity index (χ1) is 7.88. The number of aryl methyl sites for hydroxylation is 1. The summed E-state index contributed by atoms with van der Waals surface area (Å²) in [4.78, 5) is 0. The molecule has 0 unspecified atom stereocenters. The van der Waals surface area contributed by atoms with E-state index in [-0.39, 0.29) is 18.8 Å². The molecule has 0 saturated heterocycles. The maximum atomic E-state index is 13.1. The van der Waals surface area contributed by atoms with Gasteiger partial charge in [0.25, 0.3) is 0 Å². The van der Waals surface area contributed by atoms with Gasteiger partial charge in [0, 0.05) is 13.0 Å². The summed E-state index contributed by atoms with van der Waals surface area (Å²) in [5.74, 6) is -0.292. The first-order valence-electron chi connectivity index (χ1n) is 5.41. The first kappa shape index (κ1) is 14.0. The molecule has 0 aromatic heterocycles. The van der Waals surface area contributed by atoms with Crippen LogP contribution in [0.15, 0.2) is 18.2 Å². The van der Waals surface area contributed by atoms with E-state index < -0.39 is 12.6 Å². The molecule has 0 aliphatic heterocycles. The number of hydrogen-bond donors (Lipinski definition) is 1. The predicted molar refractivity (Wildman–Crippen MR) is 58.1 cm³/mol. The molecular formula is C12H15F4N. The Morgan fingerprint density at radius 2 is 1.94 bits per heavy atom. The molecule has 0 aliphatic carbocycles. The summed E-state index contributed by atoms with van der Waals surface area (Å²) in [6.07, 6.45) is -4.85. The quantitative estimate of drug-likeness (QED) is 0.621. The second-order valence-corrected chi connectivity index (χ2v) is 3.98. The average Bonchev–Trinajstić information content (AvgIpc) is 2.21. The van der Waals surface area contributed by atoms with Crippen LogP contribution in [0.3, 0.4) is 0 Å². The highest BCUT2D eigenvalue weighted by Crippen LogP contribution is 2.20. The Morgan fingerprint density at radius 3 is 2.53 bits per heavy atom. The van der Waals surface area contributed by atoms with Crippen LogP contribution in [0.4, 0.5) is 17.6 Å². The lowest BCUT2D eigenvalue weighted by Crippen LogP contribution is -2.17. The lowest BCUT2D eigenvalue weighted by atomic mass is 10.1. The minimum atomic E-state index is -4.10. The molecule has 5 heteroatoms. The summed E-state index contributed by atoms with van der Waals surface area (Å²) < 4.78 is 48.6. The molecule has 1 rings (SSSR count). The highest BCUT2D eigenvalue weighted by Gasteiger charge is 2.25. The van der Waals surface area contributed by atoms with Gasteiger partial charge in [-0.25, -0.2) is 4.39 Å². The molecule has 0 fully saturated rings. The van der Waals surface area contributed by atoms with Crippen LogP contribution in [0.2, 0.25) is 0 Å². The van der Waals surface area contributed by atoms with Crippen molar-refractivity contribution in [1.29, 1.82) is 0 Å². The Balaban J connectivity index is 2.25. The maximum absolute atomic E-state index is 13.1. The van der Waals surface area contributed by atoms with Crippen LogP contribution in [0.1, 0.15) is 24.0 Å². The largest absolute Gasteiger partial charge is 0.389 e. The third-order valence-electron chi connectivity index (χ3n) is 2.38. The van der Waals surface area contributed by atoms with E-state index in [0.29, 0.717) is 12.1 Å². The molecule has 0 saturated carbocycles. The van der Waals surface area contributed by atoms with Crippen molar-refractivity contribution < 1.29 is 17.6 Å². The second-order valence-electron chi connectivity index (χ2n) is 3.98. The average molecular weight is 249 g/mol. The molecule has 1 aromatic carbocycles. The van der Waals surface area contributed by atoms with E-state index in [1.54, 1.807) is 19.1 Å². The number of alkyl halides is 3. The molecular weight excluding hydrogens is 234 g/mol. The van der Waals surface area contributed by atoms with Crippen LogP contribution in [0.25, 0.3) is 0 Å². The van der Waals surface area contributed by atoms with E-state index in [9.17, 15) is 17.6 Å². The number of benzene rings is 1. The molecule has 96 valence electrons. The number of rotatable bonds is 5. The Bertz CT molecular complexity index is 360. The first-order valence-corrected chi connectivity index (χ1v) is 5.41. The molecule has 0 bridgehead atoms. The third kappa shape index (κ3) is 5.68. The van der Waals surface area contributed by atoms with Crippen molar-refractivity contribution in [3.63, 3.8) is 0 Å². The highest BCUT2D eigenvalue weighted by atomic mass is 19.4. The number of hydrogen-bond acceptors (Lipinski definition) is 1. The van der Waals surface area contributed by atoms with Gasteiger partial charge in [0.15, 0.2) is 0 Å². The SMILES string of the molecule is Cc1ccc(CNCCCC(F)(F)F)cc1F. The van der Waals surface area contributed by atoms with Gasteiger partial charge in [-0.3, -0.25) is 0 Å². The van der Waals surface area contributed by atoms with Crippen molar-refractivity contribution in [1.82, 2.24) is 5.32 Å². The Kier molecular flexibility index (Phi) is 4.93. The standard InChI is InChI=1S/C12H15F4N/c1-9-3-4-10(7-11(9)13)8-17-6-2-5-12(14,15)16/h3-4,7,17H,2,5-6,8H2,1H3. The molecule has 0 radical (unpaired) electrons. The zero-order chi connectivity index (χ0) is 12.9. The lowest BCUT2D eigenvalue weighted by Gasteiger charge is -2.08. The van der Waals surface area contributed by atoms with Gasteiger partial charge in [0.05, 0.1) is 0 Å². The topological polar surface area (TPSA) is 12.0 Å². The zero-order valence-corrected chi connectivity index (χ0v) is 9.57. The van der Waals surface area contributed by atoms with Crippen molar-refractivity contribution in [3.05, 3.63) is 35.1 Å². The summed E-state index contributed by atoms with van der Waals surface area (Å²) >= 11 is 0. The van der Waals surface area contributed by atoms with Crippen molar-refractivity contribution in [2.45, 2.75) is 32.5 Å². The van der Waals surface area contributed by atoms with Gasteiger partial charge in [-0.2, -0.15) is 13.2 Å². The molecule has 0 amide bonds. The van der Waals surface area contributed by atoms with Gasteiger partial charge in [-0.05, 0) is 37.1 Å². The normalized spacial score (nSPS) is 11.8. The van der Waals surface area contributed by atoms with Gasteiger partial charge in [-0.15, -0.1) is 0 Å². The van der Waals surface area contributed by atoms with Crippen LogP contribution < -0.4 is 5.32 Å². The van der Waals surface area contributed by atoms with Crippen LogP contribution in [-0.4, -0.2) is 12.7 Å². The van der Waals surface area contributed by atoms with Gasteiger partial charge >= 0.3 is 6.18 Å². The van der Waals surface area contributed by atoms with E-state index in [2.05, 4.69) is 5.32 Å². The van der Waals surface area contributed by atoms with E-state index in [4.69, 9.17) is 0 Å². The van der Waals surface area contributed by atoms with Crippen LogP contribution in [0, 0.1) is 12.7 Å². The minimum Gasteiger partial charge on any atom is -0.313 e. The van der Waals surface area contributed by atoms with Crippen LogP contribution in [0.5, 0.6) is 0 Å². The fourth-order valence-corrected chi connectivity index (χ4v) is 1.39. The molecule has 0 spiro atoms. The molecule has 1 N–H and O–H groups in total. The molecule has 1 aromatic rings. The van der Waals surface area contributed by atoms with E-state index >= 15 is 0 Å². The van der Waals surface area contributed by atoms with Crippen molar-refractivity contribution in [2.24, 2.45) is 0 Å². The van der Waals surface area contributed by atoms with Crippen molar-refractivity contribution >= 4 is 0 Å². The second kappa shape index (κ2) is 6.00. The summed E-state index contributed by atoms with van der Waals surface area (Å²) in [7, 11) is 0. The minimum absolute atomic E-state index is 0.0395. The smallest absolute Gasteiger partial charge is 0.313 e. The van der Waals surface area contributed by atoms with Crippen LogP contribution in [-0.2, 0) is 6.54 Å². The summed E-state index contributed by atoms with van der Waals surface area (Å²) in [5, 5.41) is 2.85. The molecule has 0 aliphatic rings. The summed E-state index contributed by atoms with van der Waals surface area (Å²) in [6, 6.07) is 4.81. The fraction of sp³-hybridized carbons (Fsp3) is 0.500. The van der Waals surface area contributed by atoms with Crippen molar-refractivity contribution in [3.8, 4) is 0 Å². The monoisotopic (exact) mass is 249 g/mol. The number of nitrogens with one attached hydrogen (secondary N) is 1. The third-order valence-corrected chi connectivity index (χ3v) is 2.38. The number of halogens is 4. The van der Waals surface area contributed by atoms with Gasteiger partial charge in [0.2, 0.25) is 0 Å². The van der Waals surface area contributed by atoms with Gasteiger partial charge in [0.1, 0.15) is 5.82 Å². The van der Waals surface area contributed by atoms with E-state index in [1.807, 2.05) is 0 Å². The van der Waals surface area contributed by atoms with Crippen molar-refractivity contribution in [2.75, 3.05) is 6.54 Å². The summed E-state index contributed by atoms with van der Waals surface area (Å²) in [5.41, 5.74) is 1.30. The maximum Gasteiger partial charge on any atom is 0.389 e.